The highest BCUT2D eigenvalue weighted by molar-refractivity contribution is 6.13. The van der Waals surface area contributed by atoms with Gasteiger partial charge in [-0.2, -0.15) is 0 Å². The Labute approximate surface area is 142 Å². The highest BCUT2D eigenvalue weighted by atomic mass is 16.5. The largest absolute Gasteiger partial charge is 0.461 e. The monoisotopic (exact) mass is 335 g/mol. The van der Waals surface area contributed by atoms with Crippen LogP contribution in [0.2, 0.25) is 0 Å². The van der Waals surface area contributed by atoms with Crippen LogP contribution < -0.4 is 5.32 Å². The van der Waals surface area contributed by atoms with Gasteiger partial charge in [0, 0.05) is 23.8 Å². The predicted molar refractivity (Wildman–Crippen MR) is 88.6 cm³/mol. The first-order chi connectivity index (χ1) is 12.1. The number of aliphatic imine (C=N–C) groups is 1. The molecule has 0 saturated heterocycles. The van der Waals surface area contributed by atoms with E-state index in [-0.39, 0.29) is 17.5 Å². The number of nitrogens with zero attached hydrogens (tertiary/aromatic N) is 2. The molecule has 1 aliphatic heterocycles. The molecular weight excluding hydrogens is 322 g/mol. The summed E-state index contributed by atoms with van der Waals surface area (Å²) in [6.45, 7) is 1.89. The van der Waals surface area contributed by atoms with Crippen molar-refractivity contribution >= 4 is 17.5 Å². The minimum absolute atomic E-state index is 0.00403. The van der Waals surface area contributed by atoms with E-state index in [2.05, 4.69) is 15.5 Å². The molecule has 7 nitrogen and oxygen atoms in total. The van der Waals surface area contributed by atoms with Gasteiger partial charge in [0.25, 0.3) is 5.91 Å². The lowest BCUT2D eigenvalue weighted by Crippen LogP contribution is -2.32. The maximum Gasteiger partial charge on any atom is 0.299 e. The standard InChI is InChI=1S/C18H13N3O4/c1-10-7-17(22)20-13-8-11(4-5-12(10)13)19-18(23)14-9-16(25-21-14)15-3-2-6-24-15/h2-9,12H,1H3,(H,20,22). The van der Waals surface area contributed by atoms with Crippen molar-refractivity contribution in [1.29, 1.82) is 0 Å². The second-order valence-electron chi connectivity index (χ2n) is 5.71. The fraction of sp³-hybridized carbons (Fsp3) is 0.111. The van der Waals surface area contributed by atoms with Gasteiger partial charge in [0.15, 0.2) is 11.5 Å². The van der Waals surface area contributed by atoms with Crippen LogP contribution in [0.15, 0.2) is 74.0 Å². The summed E-state index contributed by atoms with van der Waals surface area (Å²) < 4.78 is 10.3. The molecule has 1 unspecified atom stereocenters. The van der Waals surface area contributed by atoms with Gasteiger partial charge < -0.3 is 14.3 Å². The van der Waals surface area contributed by atoms with Crippen molar-refractivity contribution in [3.05, 3.63) is 65.7 Å². The predicted octanol–water partition coefficient (Wildman–Crippen LogP) is 2.66. The number of nitrogens with one attached hydrogen (secondary N) is 1. The molecule has 2 aromatic rings. The maximum atomic E-state index is 12.3. The van der Waals surface area contributed by atoms with Crippen molar-refractivity contribution in [2.24, 2.45) is 10.9 Å². The minimum atomic E-state index is -0.536. The highest BCUT2D eigenvalue weighted by Gasteiger charge is 2.24. The van der Waals surface area contributed by atoms with E-state index in [4.69, 9.17) is 8.94 Å². The second-order valence-corrected chi connectivity index (χ2v) is 5.71. The maximum absolute atomic E-state index is 12.3. The topological polar surface area (TPSA) is 97.7 Å². The first kappa shape index (κ1) is 15.1. The van der Waals surface area contributed by atoms with Crippen molar-refractivity contribution in [2.75, 3.05) is 0 Å². The number of hydrogen-bond acceptors (Lipinski definition) is 5. The van der Waals surface area contributed by atoms with Crippen LogP contribution in [0.4, 0.5) is 0 Å². The number of hydrogen-bond donors (Lipinski definition) is 1. The van der Waals surface area contributed by atoms with E-state index in [0.717, 1.165) is 5.57 Å². The Kier molecular flexibility index (Phi) is 3.53. The van der Waals surface area contributed by atoms with E-state index in [0.29, 0.717) is 22.9 Å². The van der Waals surface area contributed by atoms with Crippen LogP contribution in [0.3, 0.4) is 0 Å². The molecule has 0 bridgehead atoms. The van der Waals surface area contributed by atoms with Crippen LogP contribution in [0.1, 0.15) is 17.4 Å². The van der Waals surface area contributed by atoms with Gasteiger partial charge in [0.2, 0.25) is 11.7 Å². The summed E-state index contributed by atoms with van der Waals surface area (Å²) in [7, 11) is 0. The smallest absolute Gasteiger partial charge is 0.299 e. The van der Waals surface area contributed by atoms with Crippen LogP contribution in [0, 0.1) is 5.92 Å². The fourth-order valence-corrected chi connectivity index (χ4v) is 2.74. The van der Waals surface area contributed by atoms with Crippen molar-refractivity contribution in [3.63, 3.8) is 0 Å². The molecule has 2 aromatic heterocycles. The Hall–Kier alpha value is -3.48. The number of allylic oxidation sites excluding steroid dienone is 3. The first-order valence-electron chi connectivity index (χ1n) is 7.63. The summed E-state index contributed by atoms with van der Waals surface area (Å²) in [5, 5.41) is 6.50. The minimum Gasteiger partial charge on any atom is -0.461 e. The van der Waals surface area contributed by atoms with Crippen molar-refractivity contribution in [3.8, 4) is 11.5 Å². The van der Waals surface area contributed by atoms with Crippen molar-refractivity contribution < 1.29 is 18.5 Å². The highest BCUT2D eigenvalue weighted by Crippen LogP contribution is 2.26. The summed E-state index contributed by atoms with van der Waals surface area (Å²) in [6.07, 6.45) is 8.39. The van der Waals surface area contributed by atoms with Crippen LogP contribution in [-0.2, 0) is 4.79 Å². The van der Waals surface area contributed by atoms with Crippen LogP contribution >= 0.6 is 0 Å². The molecule has 2 aliphatic rings. The Balaban J connectivity index is 1.58. The zero-order valence-corrected chi connectivity index (χ0v) is 13.2. The molecule has 2 amide bonds. The molecule has 1 N–H and O–H groups in total. The summed E-state index contributed by atoms with van der Waals surface area (Å²) >= 11 is 0. The molecule has 25 heavy (non-hydrogen) atoms. The van der Waals surface area contributed by atoms with Crippen LogP contribution in [0.5, 0.6) is 0 Å². The number of furan rings is 1. The summed E-state index contributed by atoms with van der Waals surface area (Å²) in [6, 6.07) is 4.89. The van der Waals surface area contributed by atoms with Crippen LogP contribution in [-0.4, -0.2) is 22.7 Å². The zero-order valence-electron chi connectivity index (χ0n) is 13.2. The summed E-state index contributed by atoms with van der Waals surface area (Å²) in [4.78, 5) is 27.9. The van der Waals surface area contributed by atoms with Crippen LogP contribution in [0.25, 0.3) is 11.5 Å². The average molecular weight is 335 g/mol. The molecule has 4 rings (SSSR count). The normalized spacial score (nSPS) is 20.8. The number of carbonyl (C=O) groups is 2. The SMILES string of the molecule is CC1=CC(=O)NC2=CC(=NC(=O)c3cc(-c4ccco4)on3)C=CC12. The molecule has 0 spiro atoms. The lowest BCUT2D eigenvalue weighted by atomic mass is 9.89. The third kappa shape index (κ3) is 2.87. The Morgan fingerprint density at radius 3 is 3.00 bits per heavy atom. The molecule has 3 heterocycles. The number of amides is 2. The molecule has 0 aromatic carbocycles. The average Bonchev–Trinajstić information content (AvgIpc) is 3.25. The van der Waals surface area contributed by atoms with E-state index < -0.39 is 5.91 Å². The Morgan fingerprint density at radius 1 is 1.32 bits per heavy atom. The molecule has 0 radical (unpaired) electrons. The third-order valence-electron chi connectivity index (χ3n) is 3.94. The molecule has 124 valence electrons. The van der Waals surface area contributed by atoms with Gasteiger partial charge in [-0.15, -0.1) is 0 Å². The van der Waals surface area contributed by atoms with Gasteiger partial charge in [0.05, 0.1) is 12.0 Å². The summed E-state index contributed by atoms with van der Waals surface area (Å²) in [5.74, 6) is 0.121. The van der Waals surface area contributed by atoms with Gasteiger partial charge >= 0.3 is 0 Å². The first-order valence-corrected chi connectivity index (χ1v) is 7.63. The molecule has 0 saturated carbocycles. The Bertz CT molecular complexity index is 974. The molecule has 7 heteroatoms. The molecule has 1 aliphatic carbocycles. The Morgan fingerprint density at radius 2 is 2.20 bits per heavy atom. The van der Waals surface area contributed by atoms with Gasteiger partial charge in [-0.05, 0) is 31.2 Å². The quantitative estimate of drug-likeness (QED) is 0.910. The number of carbonyl (C=O) groups excluding carboxylic acids is 2. The van der Waals surface area contributed by atoms with E-state index in [1.165, 1.54) is 12.3 Å². The molecular formula is C18H13N3O4. The lowest BCUT2D eigenvalue weighted by Gasteiger charge is -2.25. The van der Waals surface area contributed by atoms with Gasteiger partial charge in [-0.1, -0.05) is 16.8 Å². The zero-order chi connectivity index (χ0) is 17.4. The van der Waals surface area contributed by atoms with E-state index in [9.17, 15) is 9.59 Å². The van der Waals surface area contributed by atoms with Crippen molar-refractivity contribution in [1.82, 2.24) is 10.5 Å². The van der Waals surface area contributed by atoms with Gasteiger partial charge in [0.1, 0.15) is 0 Å². The second kappa shape index (κ2) is 5.86. The number of aromatic nitrogens is 1. The molecule has 0 fully saturated rings. The van der Waals surface area contributed by atoms with E-state index in [1.807, 2.05) is 13.0 Å². The number of rotatable bonds is 2. The van der Waals surface area contributed by atoms with Crippen molar-refractivity contribution in [2.45, 2.75) is 6.92 Å². The molecule has 1 atom stereocenters. The van der Waals surface area contributed by atoms with Gasteiger partial charge in [-0.3, -0.25) is 9.59 Å². The van der Waals surface area contributed by atoms with Gasteiger partial charge in [-0.25, -0.2) is 4.99 Å². The fourth-order valence-electron chi connectivity index (χ4n) is 2.74. The van der Waals surface area contributed by atoms with E-state index >= 15 is 0 Å². The number of fused-ring (bicyclic) bond motifs is 1. The lowest BCUT2D eigenvalue weighted by molar-refractivity contribution is -0.116. The third-order valence-corrected chi connectivity index (χ3v) is 3.94. The summed E-state index contributed by atoms with van der Waals surface area (Å²) in [5.41, 5.74) is 2.16. The van der Waals surface area contributed by atoms with E-state index in [1.54, 1.807) is 30.4 Å².